The maximum absolute atomic E-state index is 11.4. The summed E-state index contributed by atoms with van der Waals surface area (Å²) in [6.07, 6.45) is 2.93. The Morgan fingerprint density at radius 1 is 1.26 bits per heavy atom. The predicted molar refractivity (Wildman–Crippen MR) is 79.0 cm³/mol. The highest BCUT2D eigenvalue weighted by Crippen LogP contribution is 2.25. The smallest absolute Gasteiger partial charge is 0.127 e. The molecular weight excluding hydrogens is 236 g/mol. The van der Waals surface area contributed by atoms with Crippen molar-refractivity contribution in [1.29, 1.82) is 0 Å². The summed E-state index contributed by atoms with van der Waals surface area (Å²) in [5.41, 5.74) is 1.91. The van der Waals surface area contributed by atoms with E-state index in [1.165, 1.54) is 0 Å². The third-order valence-corrected chi connectivity index (χ3v) is 3.98. The molecule has 3 heteroatoms. The van der Waals surface area contributed by atoms with Gasteiger partial charge in [-0.3, -0.25) is 9.88 Å². The van der Waals surface area contributed by atoms with E-state index < -0.39 is 0 Å². The molecule has 0 aliphatic carbocycles. The number of hydrogen-bond donors (Lipinski definition) is 0. The van der Waals surface area contributed by atoms with Gasteiger partial charge in [-0.2, -0.15) is 0 Å². The van der Waals surface area contributed by atoms with Gasteiger partial charge in [0, 0.05) is 24.2 Å². The van der Waals surface area contributed by atoms with E-state index in [2.05, 4.69) is 36.7 Å². The Morgan fingerprint density at radius 3 is 2.42 bits per heavy atom. The van der Waals surface area contributed by atoms with Gasteiger partial charge in [0.05, 0.1) is 5.69 Å². The van der Waals surface area contributed by atoms with Crippen molar-refractivity contribution in [1.82, 2.24) is 9.88 Å². The molecule has 0 saturated carbocycles. The van der Waals surface area contributed by atoms with Crippen molar-refractivity contribution in [3.8, 4) is 0 Å². The zero-order valence-corrected chi connectivity index (χ0v) is 12.6. The second-order valence-corrected chi connectivity index (χ2v) is 5.26. The summed E-state index contributed by atoms with van der Waals surface area (Å²) >= 11 is 0. The molecule has 0 bridgehead atoms. The van der Waals surface area contributed by atoms with Crippen LogP contribution < -0.4 is 0 Å². The van der Waals surface area contributed by atoms with Crippen LogP contribution in [0.1, 0.15) is 45.0 Å². The number of carbonyl (C=O) groups excluding carboxylic acids is 1. The third kappa shape index (κ3) is 4.43. The van der Waals surface area contributed by atoms with E-state index in [0.29, 0.717) is 0 Å². The first-order valence-corrected chi connectivity index (χ1v) is 7.20. The minimum absolute atomic E-state index is 0.208. The van der Waals surface area contributed by atoms with E-state index in [-0.39, 0.29) is 5.41 Å². The van der Waals surface area contributed by atoms with Crippen LogP contribution in [-0.4, -0.2) is 29.3 Å². The minimum atomic E-state index is -0.208. The first-order chi connectivity index (χ1) is 9.09. The van der Waals surface area contributed by atoms with Crippen molar-refractivity contribution < 1.29 is 4.79 Å². The van der Waals surface area contributed by atoms with Gasteiger partial charge in [0.2, 0.25) is 0 Å². The van der Waals surface area contributed by atoms with Crippen molar-refractivity contribution in [2.24, 2.45) is 5.41 Å². The zero-order chi connectivity index (χ0) is 14.3. The maximum atomic E-state index is 11.4. The normalized spacial score (nSPS) is 11.8. The summed E-state index contributed by atoms with van der Waals surface area (Å²) in [6.45, 7) is 10.9. The van der Waals surface area contributed by atoms with Gasteiger partial charge in [-0.05, 0) is 38.4 Å². The lowest BCUT2D eigenvalue weighted by molar-refractivity contribution is -0.117. The fraction of sp³-hybridized carbons (Fsp3) is 0.625. The van der Waals surface area contributed by atoms with Crippen LogP contribution in [0.5, 0.6) is 0 Å². The molecular formula is C16H26N2O. The molecule has 0 unspecified atom stereocenters. The maximum Gasteiger partial charge on any atom is 0.127 e. The quantitative estimate of drug-likeness (QED) is 0.674. The van der Waals surface area contributed by atoms with Gasteiger partial charge in [-0.15, -0.1) is 0 Å². The Kier molecular flexibility index (Phi) is 6.16. The summed E-state index contributed by atoms with van der Waals surface area (Å²) in [4.78, 5) is 18.3. The number of pyridine rings is 1. The average molecular weight is 262 g/mol. The fourth-order valence-corrected chi connectivity index (χ4v) is 2.32. The molecule has 1 aromatic heterocycles. The molecule has 0 radical (unpaired) electrons. The molecule has 1 heterocycles. The first kappa shape index (κ1) is 15.8. The van der Waals surface area contributed by atoms with Crippen molar-refractivity contribution in [3.05, 3.63) is 29.6 Å². The van der Waals surface area contributed by atoms with Crippen LogP contribution in [0.25, 0.3) is 0 Å². The van der Waals surface area contributed by atoms with Gasteiger partial charge in [0.1, 0.15) is 6.29 Å². The van der Waals surface area contributed by atoms with Gasteiger partial charge in [-0.25, -0.2) is 0 Å². The molecule has 106 valence electrons. The molecule has 0 N–H and O–H groups in total. The summed E-state index contributed by atoms with van der Waals surface area (Å²) in [5, 5.41) is 0. The van der Waals surface area contributed by atoms with Crippen LogP contribution in [0, 0.1) is 12.3 Å². The number of aromatic nitrogens is 1. The Hall–Kier alpha value is -1.22. The number of hydrogen-bond acceptors (Lipinski definition) is 3. The number of carbonyl (C=O) groups is 1. The van der Waals surface area contributed by atoms with Crippen LogP contribution in [0.4, 0.5) is 0 Å². The number of aldehydes is 1. The summed E-state index contributed by atoms with van der Waals surface area (Å²) in [7, 11) is 0. The second-order valence-electron chi connectivity index (χ2n) is 5.26. The van der Waals surface area contributed by atoms with Crippen LogP contribution in [0.3, 0.4) is 0 Å². The molecule has 19 heavy (non-hydrogen) atoms. The lowest BCUT2D eigenvalue weighted by atomic mass is 9.83. The summed E-state index contributed by atoms with van der Waals surface area (Å²) in [5.74, 6) is 0. The second kappa shape index (κ2) is 7.39. The van der Waals surface area contributed by atoms with Crippen LogP contribution in [0.2, 0.25) is 0 Å². The Bertz CT molecular complexity index is 399. The largest absolute Gasteiger partial charge is 0.303 e. The molecule has 3 nitrogen and oxygen atoms in total. The van der Waals surface area contributed by atoms with E-state index in [0.717, 1.165) is 50.1 Å². The van der Waals surface area contributed by atoms with Gasteiger partial charge in [0.25, 0.3) is 0 Å². The lowest BCUT2D eigenvalue weighted by Gasteiger charge is -2.32. The number of aryl methyl sites for hydroxylation is 1. The van der Waals surface area contributed by atoms with Crippen LogP contribution >= 0.6 is 0 Å². The Labute approximate surface area is 117 Å². The Balaban J connectivity index is 2.76. The highest BCUT2D eigenvalue weighted by atomic mass is 16.1. The van der Waals surface area contributed by atoms with Gasteiger partial charge in [-0.1, -0.05) is 26.8 Å². The van der Waals surface area contributed by atoms with E-state index in [1.54, 1.807) is 0 Å². The molecule has 0 saturated heterocycles. The SMILES string of the molecule is CCN(Cc1cccc(C)n1)CC(C=O)(CC)CC. The van der Waals surface area contributed by atoms with Gasteiger partial charge < -0.3 is 4.79 Å². The molecule has 0 atom stereocenters. The molecule has 0 fully saturated rings. The van der Waals surface area contributed by atoms with Gasteiger partial charge in [0.15, 0.2) is 0 Å². The van der Waals surface area contributed by atoms with Crippen molar-refractivity contribution in [2.75, 3.05) is 13.1 Å². The van der Waals surface area contributed by atoms with E-state index in [1.807, 2.05) is 19.1 Å². The molecule has 1 rings (SSSR count). The molecule has 0 aliphatic rings. The van der Waals surface area contributed by atoms with E-state index in [4.69, 9.17) is 0 Å². The summed E-state index contributed by atoms with van der Waals surface area (Å²) in [6, 6.07) is 6.10. The molecule has 1 aromatic rings. The first-order valence-electron chi connectivity index (χ1n) is 7.20. The number of rotatable bonds is 8. The number of nitrogens with zero attached hydrogens (tertiary/aromatic N) is 2. The molecule has 0 aliphatic heterocycles. The fourth-order valence-electron chi connectivity index (χ4n) is 2.32. The lowest BCUT2D eigenvalue weighted by Crippen LogP contribution is -2.38. The molecule has 0 aromatic carbocycles. The topological polar surface area (TPSA) is 33.2 Å². The van der Waals surface area contributed by atoms with Gasteiger partial charge >= 0.3 is 0 Å². The van der Waals surface area contributed by atoms with E-state index >= 15 is 0 Å². The molecule has 0 amide bonds. The van der Waals surface area contributed by atoms with Crippen LogP contribution in [0.15, 0.2) is 18.2 Å². The van der Waals surface area contributed by atoms with Crippen molar-refractivity contribution in [3.63, 3.8) is 0 Å². The van der Waals surface area contributed by atoms with Crippen molar-refractivity contribution >= 4 is 6.29 Å². The average Bonchev–Trinajstić information content (AvgIpc) is 2.44. The third-order valence-electron chi connectivity index (χ3n) is 3.98. The monoisotopic (exact) mass is 262 g/mol. The van der Waals surface area contributed by atoms with Crippen molar-refractivity contribution in [2.45, 2.75) is 47.1 Å². The molecule has 0 spiro atoms. The zero-order valence-electron chi connectivity index (χ0n) is 12.6. The van der Waals surface area contributed by atoms with E-state index in [9.17, 15) is 4.79 Å². The highest BCUT2D eigenvalue weighted by Gasteiger charge is 2.27. The van der Waals surface area contributed by atoms with Crippen LogP contribution in [-0.2, 0) is 11.3 Å². The Morgan fingerprint density at radius 2 is 1.95 bits per heavy atom. The minimum Gasteiger partial charge on any atom is -0.303 e. The highest BCUT2D eigenvalue weighted by molar-refractivity contribution is 5.59. The standard InChI is InChI=1S/C16H26N2O/c1-5-16(6-2,13-19)12-18(7-3)11-15-10-8-9-14(4)17-15/h8-10,13H,5-7,11-12H2,1-4H3. The summed E-state index contributed by atoms with van der Waals surface area (Å²) < 4.78 is 0. The predicted octanol–water partition coefficient (Wildman–Crippen LogP) is 3.22.